The van der Waals surface area contributed by atoms with Crippen molar-refractivity contribution in [2.24, 2.45) is 0 Å². The molecule has 0 spiro atoms. The van der Waals surface area contributed by atoms with Crippen LogP contribution in [0.2, 0.25) is 0 Å². The van der Waals surface area contributed by atoms with Crippen LogP contribution in [-0.2, 0) is 16.4 Å². The van der Waals surface area contributed by atoms with Crippen LogP contribution in [-0.4, -0.2) is 55.0 Å². The van der Waals surface area contributed by atoms with Gasteiger partial charge < -0.3 is 14.7 Å². The van der Waals surface area contributed by atoms with E-state index in [9.17, 15) is 13.2 Å². The first kappa shape index (κ1) is 19.4. The average molecular weight is 392 g/mol. The smallest absolute Gasteiger partial charge is 0.321 e. The van der Waals surface area contributed by atoms with E-state index in [-0.39, 0.29) is 29.8 Å². The molecule has 9 heteroatoms. The van der Waals surface area contributed by atoms with Crippen molar-refractivity contribution >= 4 is 21.7 Å². The van der Waals surface area contributed by atoms with E-state index in [0.717, 1.165) is 17.7 Å². The summed E-state index contributed by atoms with van der Waals surface area (Å²) in [5.41, 5.74) is 2.23. The van der Waals surface area contributed by atoms with Crippen molar-refractivity contribution in [2.75, 3.05) is 31.5 Å². The molecule has 1 aliphatic heterocycles. The molecule has 1 aromatic heterocycles. The van der Waals surface area contributed by atoms with E-state index in [1.54, 1.807) is 18.7 Å². The number of carbonyl (C=O) groups excluding carboxylic acids is 1. The van der Waals surface area contributed by atoms with Gasteiger partial charge in [-0.2, -0.15) is 4.31 Å². The number of urea groups is 1. The number of nitrogens with one attached hydrogen (secondary N) is 1. The number of carbonyl (C=O) groups is 1. The number of aromatic nitrogens is 1. The third kappa shape index (κ3) is 3.98. The summed E-state index contributed by atoms with van der Waals surface area (Å²) in [5.74, 6) is 0.281. The second kappa shape index (κ2) is 7.69. The van der Waals surface area contributed by atoms with Gasteiger partial charge in [-0.25, -0.2) is 13.2 Å². The first-order chi connectivity index (χ1) is 12.8. The summed E-state index contributed by atoms with van der Waals surface area (Å²) >= 11 is 0. The Kier molecular flexibility index (Phi) is 5.52. The summed E-state index contributed by atoms with van der Waals surface area (Å²) in [4.78, 5) is 14.2. The van der Waals surface area contributed by atoms with Crippen LogP contribution in [0, 0.1) is 13.8 Å². The van der Waals surface area contributed by atoms with Crippen LogP contribution in [0.3, 0.4) is 0 Å². The maximum atomic E-state index is 12.8. The Balaban J connectivity index is 1.64. The summed E-state index contributed by atoms with van der Waals surface area (Å²) in [5, 5.41) is 6.61. The molecule has 2 aromatic rings. The number of amides is 2. The first-order valence-corrected chi connectivity index (χ1v) is 10.3. The van der Waals surface area contributed by atoms with Crippen molar-refractivity contribution in [1.29, 1.82) is 0 Å². The standard InChI is InChI=1S/C18H24N4O4S/c1-4-15-6-5-7-16(12-15)19-18(23)21-8-10-22(11-9-21)27(24,25)17-13(2)20-26-14(17)3/h5-7,12H,4,8-11H2,1-3H3,(H,19,23). The molecular formula is C18H24N4O4S. The molecule has 1 fully saturated rings. The first-order valence-electron chi connectivity index (χ1n) is 8.91. The van der Waals surface area contributed by atoms with Crippen molar-refractivity contribution in [2.45, 2.75) is 32.1 Å². The lowest BCUT2D eigenvalue weighted by molar-refractivity contribution is 0.184. The highest BCUT2D eigenvalue weighted by atomic mass is 32.2. The topological polar surface area (TPSA) is 95.8 Å². The van der Waals surface area contributed by atoms with Gasteiger partial charge in [0.15, 0.2) is 5.76 Å². The van der Waals surface area contributed by atoms with E-state index in [1.807, 2.05) is 24.3 Å². The predicted octanol–water partition coefficient (Wildman–Crippen LogP) is 2.39. The SMILES string of the molecule is CCc1cccc(NC(=O)N2CCN(S(=O)(=O)c3c(C)noc3C)CC2)c1. The van der Waals surface area contributed by atoms with Gasteiger partial charge in [0.1, 0.15) is 10.6 Å². The fourth-order valence-corrected chi connectivity index (χ4v) is 4.89. The zero-order valence-corrected chi connectivity index (χ0v) is 16.5. The van der Waals surface area contributed by atoms with Gasteiger partial charge in [0.2, 0.25) is 10.0 Å². The van der Waals surface area contributed by atoms with Gasteiger partial charge in [-0.3, -0.25) is 0 Å². The third-order valence-electron chi connectivity index (χ3n) is 4.68. The molecule has 27 heavy (non-hydrogen) atoms. The summed E-state index contributed by atoms with van der Waals surface area (Å²) in [6, 6.07) is 7.47. The van der Waals surface area contributed by atoms with Crippen LogP contribution < -0.4 is 5.32 Å². The van der Waals surface area contributed by atoms with Gasteiger partial charge in [-0.1, -0.05) is 24.2 Å². The fraction of sp³-hybridized carbons (Fsp3) is 0.444. The second-order valence-corrected chi connectivity index (χ2v) is 8.40. The molecule has 0 bridgehead atoms. The molecule has 0 saturated carbocycles. The summed E-state index contributed by atoms with van der Waals surface area (Å²) in [6.07, 6.45) is 0.891. The molecule has 0 aliphatic carbocycles. The molecule has 1 saturated heterocycles. The minimum Gasteiger partial charge on any atom is -0.360 e. The van der Waals surface area contributed by atoms with Gasteiger partial charge in [0.25, 0.3) is 0 Å². The zero-order valence-electron chi connectivity index (χ0n) is 15.7. The number of benzene rings is 1. The van der Waals surface area contributed by atoms with Crippen LogP contribution in [0.15, 0.2) is 33.7 Å². The molecule has 2 heterocycles. The minimum absolute atomic E-state index is 0.122. The van der Waals surface area contributed by atoms with Crippen LogP contribution in [0.4, 0.5) is 10.5 Å². The zero-order chi connectivity index (χ0) is 19.6. The molecule has 0 atom stereocenters. The summed E-state index contributed by atoms with van der Waals surface area (Å²) in [6.45, 7) is 6.35. The molecule has 0 unspecified atom stereocenters. The van der Waals surface area contributed by atoms with Crippen molar-refractivity contribution in [3.8, 4) is 0 Å². The Hall–Kier alpha value is -2.39. The highest BCUT2D eigenvalue weighted by molar-refractivity contribution is 7.89. The average Bonchev–Trinajstić information content (AvgIpc) is 3.01. The molecule has 1 N–H and O–H groups in total. The largest absolute Gasteiger partial charge is 0.360 e. The van der Waals surface area contributed by atoms with Gasteiger partial charge in [-0.05, 0) is 38.0 Å². The van der Waals surface area contributed by atoms with E-state index < -0.39 is 10.0 Å². The van der Waals surface area contributed by atoms with Crippen LogP contribution in [0.5, 0.6) is 0 Å². The molecule has 2 amide bonds. The number of hydrogen-bond donors (Lipinski definition) is 1. The maximum Gasteiger partial charge on any atom is 0.321 e. The molecule has 146 valence electrons. The highest BCUT2D eigenvalue weighted by Gasteiger charge is 2.34. The molecule has 0 radical (unpaired) electrons. The Bertz CT molecular complexity index is 911. The van der Waals surface area contributed by atoms with Crippen LogP contribution in [0.1, 0.15) is 23.9 Å². The van der Waals surface area contributed by atoms with E-state index in [1.165, 1.54) is 4.31 Å². The van der Waals surface area contributed by atoms with Gasteiger partial charge in [0.05, 0.1) is 0 Å². The van der Waals surface area contributed by atoms with Crippen molar-refractivity contribution in [3.63, 3.8) is 0 Å². The number of hydrogen-bond acceptors (Lipinski definition) is 5. The van der Waals surface area contributed by atoms with Crippen molar-refractivity contribution < 1.29 is 17.7 Å². The monoisotopic (exact) mass is 392 g/mol. The van der Waals surface area contributed by atoms with Gasteiger partial charge >= 0.3 is 6.03 Å². The summed E-state index contributed by atoms with van der Waals surface area (Å²) < 4.78 is 32.0. The lowest BCUT2D eigenvalue weighted by Crippen LogP contribution is -2.51. The summed E-state index contributed by atoms with van der Waals surface area (Å²) in [7, 11) is -3.68. The number of nitrogens with zero attached hydrogens (tertiary/aromatic N) is 3. The predicted molar refractivity (Wildman–Crippen MR) is 101 cm³/mol. The number of rotatable bonds is 4. The van der Waals surface area contributed by atoms with Gasteiger partial charge in [-0.15, -0.1) is 0 Å². The normalized spacial score (nSPS) is 15.7. The van der Waals surface area contributed by atoms with Crippen molar-refractivity contribution in [1.82, 2.24) is 14.4 Å². The Morgan fingerprint density at radius 1 is 1.22 bits per heavy atom. The molecule has 1 aliphatic rings. The highest BCUT2D eigenvalue weighted by Crippen LogP contribution is 2.24. The number of sulfonamides is 1. The van der Waals surface area contributed by atoms with E-state index >= 15 is 0 Å². The van der Waals surface area contributed by atoms with Crippen LogP contribution in [0.25, 0.3) is 0 Å². The van der Waals surface area contributed by atoms with E-state index in [0.29, 0.717) is 18.8 Å². The minimum atomic E-state index is -3.68. The Morgan fingerprint density at radius 3 is 2.52 bits per heavy atom. The third-order valence-corrected chi connectivity index (χ3v) is 6.82. The molecule has 8 nitrogen and oxygen atoms in total. The Labute approximate surface area is 159 Å². The van der Waals surface area contributed by atoms with E-state index in [4.69, 9.17) is 4.52 Å². The lowest BCUT2D eigenvalue weighted by atomic mass is 10.1. The fourth-order valence-electron chi connectivity index (χ4n) is 3.18. The number of piperazine rings is 1. The molecule has 1 aromatic carbocycles. The number of anilines is 1. The van der Waals surface area contributed by atoms with Crippen LogP contribution >= 0.6 is 0 Å². The van der Waals surface area contributed by atoms with Crippen molar-refractivity contribution in [3.05, 3.63) is 41.3 Å². The lowest BCUT2D eigenvalue weighted by Gasteiger charge is -2.33. The maximum absolute atomic E-state index is 12.8. The second-order valence-electron chi connectivity index (χ2n) is 6.53. The Morgan fingerprint density at radius 2 is 1.93 bits per heavy atom. The number of aryl methyl sites for hydroxylation is 3. The van der Waals surface area contributed by atoms with E-state index in [2.05, 4.69) is 17.4 Å². The molecular weight excluding hydrogens is 368 g/mol. The molecule has 3 rings (SSSR count). The quantitative estimate of drug-likeness (QED) is 0.862. The van der Waals surface area contributed by atoms with Gasteiger partial charge in [0, 0.05) is 31.9 Å².